The molecule has 2 aliphatic rings. The van der Waals surface area contributed by atoms with Crippen molar-refractivity contribution >= 4 is 39.6 Å². The van der Waals surface area contributed by atoms with Crippen LogP contribution in [0.25, 0.3) is 0 Å². The van der Waals surface area contributed by atoms with Crippen molar-refractivity contribution in [3.63, 3.8) is 0 Å². The van der Waals surface area contributed by atoms with Crippen LogP contribution < -0.4 is 20.7 Å². The molecule has 5 amide bonds. The fourth-order valence-corrected chi connectivity index (χ4v) is 7.57. The highest BCUT2D eigenvalue weighted by atomic mass is 32.2. The second kappa shape index (κ2) is 17.0. The van der Waals surface area contributed by atoms with Crippen molar-refractivity contribution in [2.75, 3.05) is 6.54 Å². The third-order valence-corrected chi connectivity index (χ3v) is 10.6. The van der Waals surface area contributed by atoms with Crippen LogP contribution in [0.5, 0.6) is 0 Å². The maximum absolute atomic E-state index is 14.2. The average molecular weight is 712 g/mol. The van der Waals surface area contributed by atoms with Crippen molar-refractivity contribution in [1.29, 1.82) is 0 Å². The van der Waals surface area contributed by atoms with Crippen molar-refractivity contribution in [3.05, 3.63) is 54.6 Å². The van der Waals surface area contributed by atoms with Gasteiger partial charge < -0.3 is 20.9 Å². The van der Waals surface area contributed by atoms with Crippen molar-refractivity contribution in [1.82, 2.24) is 35.5 Å². The van der Waals surface area contributed by atoms with Crippen LogP contribution in [0.3, 0.4) is 0 Å². The molecule has 14 nitrogen and oxygen atoms in total. The van der Waals surface area contributed by atoms with E-state index in [1.54, 1.807) is 13.0 Å². The number of carbonyl (C=O) groups excluding carboxylic acids is 5. The molecule has 0 radical (unpaired) electrons. The summed E-state index contributed by atoms with van der Waals surface area (Å²) in [5.74, 6) is -3.11. The summed E-state index contributed by atoms with van der Waals surface area (Å²) in [6, 6.07) is 3.39. The van der Waals surface area contributed by atoms with E-state index in [0.717, 1.165) is 32.1 Å². The van der Waals surface area contributed by atoms with Crippen LogP contribution >= 0.6 is 0 Å². The molecule has 50 heavy (non-hydrogen) atoms. The van der Waals surface area contributed by atoms with Crippen LogP contribution in [0.1, 0.15) is 96.0 Å². The summed E-state index contributed by atoms with van der Waals surface area (Å²) >= 11 is 0. The van der Waals surface area contributed by atoms with Gasteiger partial charge in [0.2, 0.25) is 17.7 Å². The first-order valence-electron chi connectivity index (χ1n) is 17.3. The summed E-state index contributed by atoms with van der Waals surface area (Å²) < 4.78 is 27.7. The monoisotopic (exact) mass is 711 g/mol. The molecule has 1 aliphatic heterocycles. The summed E-state index contributed by atoms with van der Waals surface area (Å²) in [4.78, 5) is 77.5. The predicted molar refractivity (Wildman–Crippen MR) is 185 cm³/mol. The van der Waals surface area contributed by atoms with E-state index in [0.29, 0.717) is 19.3 Å². The third-order valence-electron chi connectivity index (χ3n) is 9.22. The molecule has 0 unspecified atom stereocenters. The fraction of sp³-hybridized carbons (Fsp3) is 0.571. The van der Waals surface area contributed by atoms with Gasteiger partial charge in [0, 0.05) is 18.9 Å². The topological polar surface area (TPSA) is 197 Å². The summed E-state index contributed by atoms with van der Waals surface area (Å²) in [6.45, 7) is 7.48. The predicted octanol–water partition coefficient (Wildman–Crippen LogP) is 2.47. The molecule has 2 aromatic rings. The van der Waals surface area contributed by atoms with Gasteiger partial charge in [-0.15, -0.1) is 0 Å². The maximum atomic E-state index is 14.2. The number of nitrogens with zero attached hydrogens (tertiary/aromatic N) is 3. The molecule has 1 saturated heterocycles. The molecule has 1 aliphatic carbocycles. The first kappa shape index (κ1) is 38.4. The zero-order chi connectivity index (χ0) is 36.5. The molecule has 15 heteroatoms. The molecule has 4 rings (SSSR count). The average Bonchev–Trinajstić information content (AvgIpc) is 3.60. The van der Waals surface area contributed by atoms with E-state index in [-0.39, 0.29) is 29.5 Å². The lowest BCUT2D eigenvalue weighted by atomic mass is 9.82. The van der Waals surface area contributed by atoms with Crippen LogP contribution in [0, 0.1) is 11.3 Å². The molecule has 4 N–H and O–H groups in total. The number of sulfonamides is 1. The molecule has 1 aromatic heterocycles. The smallest absolute Gasteiger partial charge is 0.272 e. The lowest BCUT2D eigenvalue weighted by molar-refractivity contribution is -0.144. The number of amides is 5. The van der Waals surface area contributed by atoms with Crippen LogP contribution in [0.2, 0.25) is 0 Å². The largest absolute Gasteiger partial charge is 0.342 e. The summed E-state index contributed by atoms with van der Waals surface area (Å²) in [5, 5.41) is 8.45. The highest BCUT2D eigenvalue weighted by Gasteiger charge is 2.44. The lowest BCUT2D eigenvalue weighted by Gasteiger charge is -2.37. The number of hydrogen-bond acceptors (Lipinski definition) is 9. The standard InChI is InChI=1S/C35H49N7O7S/c1-5-13-25(31(44)41-50(48,49)24-16-10-7-11-17-24)38-32(45)27-18-12-21-42(27)34(47)29(35(2,3)4)40-33(46)28(23-14-8-6-9-15-23)39-30(43)26-22-36-19-20-37-26/h7,10-11,16-17,19-20,22-23,25,27-29H,5-6,8-9,12-15,18,21H2,1-4H3,(H,38,45)(H,39,43)(H,40,46)(H,41,44)/t25-,27-,28-,29+/m0/s1. The molecule has 272 valence electrons. The van der Waals surface area contributed by atoms with Gasteiger partial charge in [0.25, 0.3) is 21.8 Å². The Kier molecular flexibility index (Phi) is 13.1. The van der Waals surface area contributed by atoms with Crippen molar-refractivity contribution in [3.8, 4) is 0 Å². The van der Waals surface area contributed by atoms with Crippen molar-refractivity contribution in [2.45, 2.75) is 115 Å². The normalized spacial score (nSPS) is 18.7. The molecular weight excluding hydrogens is 662 g/mol. The van der Waals surface area contributed by atoms with Crippen LogP contribution in [-0.2, 0) is 29.2 Å². The van der Waals surface area contributed by atoms with E-state index in [1.807, 2.05) is 20.8 Å². The Labute approximate surface area is 294 Å². The minimum Gasteiger partial charge on any atom is -0.342 e. The van der Waals surface area contributed by atoms with E-state index in [2.05, 4.69) is 30.6 Å². The van der Waals surface area contributed by atoms with E-state index in [1.165, 1.54) is 47.8 Å². The van der Waals surface area contributed by atoms with E-state index < -0.39 is 69.1 Å². The van der Waals surface area contributed by atoms with Gasteiger partial charge in [-0.05, 0) is 55.6 Å². The molecule has 1 saturated carbocycles. The van der Waals surface area contributed by atoms with Gasteiger partial charge in [-0.25, -0.2) is 18.1 Å². The summed E-state index contributed by atoms with van der Waals surface area (Å²) in [5.41, 5.74) is -0.707. The SMILES string of the molecule is CCC[C@H](NC(=O)[C@@H]1CCCN1C(=O)[C@@H](NC(=O)[C@@H](NC(=O)c1cnccn1)C1CCCCC1)C(C)(C)C)C(=O)NS(=O)(=O)c1ccccc1. The molecule has 2 heterocycles. The summed E-state index contributed by atoms with van der Waals surface area (Å²) in [6.07, 6.45) is 9.99. The van der Waals surface area contributed by atoms with Crippen LogP contribution in [0.4, 0.5) is 0 Å². The number of hydrogen-bond donors (Lipinski definition) is 4. The Morgan fingerprint density at radius 3 is 2.22 bits per heavy atom. The molecule has 1 aromatic carbocycles. The van der Waals surface area contributed by atoms with Gasteiger partial charge >= 0.3 is 0 Å². The second-order valence-electron chi connectivity index (χ2n) is 14.1. The highest BCUT2D eigenvalue weighted by molar-refractivity contribution is 7.90. The first-order chi connectivity index (χ1) is 23.7. The van der Waals surface area contributed by atoms with Gasteiger partial charge in [0.1, 0.15) is 29.9 Å². The number of aromatic nitrogens is 2. The number of benzene rings is 1. The zero-order valence-corrected chi connectivity index (χ0v) is 30.0. The molecule has 0 bridgehead atoms. The van der Waals surface area contributed by atoms with Gasteiger partial charge in [0.15, 0.2) is 0 Å². The van der Waals surface area contributed by atoms with Crippen molar-refractivity contribution in [2.24, 2.45) is 11.3 Å². The molecule has 2 fully saturated rings. The Morgan fingerprint density at radius 1 is 0.900 bits per heavy atom. The zero-order valence-electron chi connectivity index (χ0n) is 29.2. The Balaban J connectivity index is 1.49. The Bertz CT molecular complexity index is 1610. The molecule has 4 atom stereocenters. The minimum absolute atomic E-state index is 0.0724. The van der Waals surface area contributed by atoms with Crippen molar-refractivity contribution < 1.29 is 32.4 Å². The maximum Gasteiger partial charge on any atom is 0.272 e. The number of rotatable bonds is 13. The summed E-state index contributed by atoms with van der Waals surface area (Å²) in [7, 11) is -4.17. The van der Waals surface area contributed by atoms with Crippen LogP contribution in [-0.4, -0.2) is 83.5 Å². The third kappa shape index (κ3) is 9.86. The number of nitrogens with one attached hydrogen (secondary N) is 4. The minimum atomic E-state index is -4.17. The van der Waals surface area contributed by atoms with E-state index in [4.69, 9.17) is 0 Å². The number of likely N-dealkylation sites (tertiary alicyclic amines) is 1. The Hall–Kier alpha value is -4.40. The van der Waals surface area contributed by atoms with Gasteiger partial charge in [-0.3, -0.25) is 29.0 Å². The van der Waals surface area contributed by atoms with Gasteiger partial charge in [0.05, 0.1) is 11.1 Å². The highest BCUT2D eigenvalue weighted by Crippen LogP contribution is 2.29. The second-order valence-corrected chi connectivity index (χ2v) is 15.8. The molecule has 0 spiro atoms. The van der Waals surface area contributed by atoms with Gasteiger partial charge in [-0.1, -0.05) is 71.6 Å². The quantitative estimate of drug-likeness (QED) is 0.241. The van der Waals surface area contributed by atoms with E-state index in [9.17, 15) is 32.4 Å². The fourth-order valence-electron chi connectivity index (χ4n) is 6.53. The van der Waals surface area contributed by atoms with Gasteiger partial charge in [-0.2, -0.15) is 0 Å². The first-order valence-corrected chi connectivity index (χ1v) is 18.8. The van der Waals surface area contributed by atoms with Crippen LogP contribution in [0.15, 0.2) is 53.8 Å². The molecular formula is C35H49N7O7S. The Morgan fingerprint density at radius 2 is 1.60 bits per heavy atom. The number of carbonyl (C=O) groups is 5. The van der Waals surface area contributed by atoms with E-state index >= 15 is 0 Å². The lowest BCUT2D eigenvalue weighted by Crippen LogP contribution is -2.62.